The van der Waals surface area contributed by atoms with Crippen LogP contribution in [0.25, 0.3) is 0 Å². The zero-order valence-electron chi connectivity index (χ0n) is 14.8. The van der Waals surface area contributed by atoms with Gasteiger partial charge in [-0.05, 0) is 39.3 Å². The number of ether oxygens (including phenoxy) is 1. The number of rotatable bonds is 6. The lowest BCUT2D eigenvalue weighted by molar-refractivity contribution is 0.237. The first-order valence-corrected chi connectivity index (χ1v) is 8.33. The van der Waals surface area contributed by atoms with E-state index in [0.29, 0.717) is 13.2 Å². The Hall–Kier alpha value is -2.49. The maximum absolute atomic E-state index is 12.2. The Morgan fingerprint density at radius 1 is 1.08 bits per heavy atom. The third-order valence-corrected chi connectivity index (χ3v) is 3.85. The molecule has 128 valence electrons. The van der Waals surface area contributed by atoms with Crippen LogP contribution in [-0.2, 0) is 6.54 Å². The predicted octanol–water partition coefficient (Wildman–Crippen LogP) is 4.26. The van der Waals surface area contributed by atoms with E-state index >= 15 is 0 Å². The summed E-state index contributed by atoms with van der Waals surface area (Å²) in [4.78, 5) is 12.2. The van der Waals surface area contributed by atoms with Crippen LogP contribution in [0, 0.1) is 13.8 Å². The van der Waals surface area contributed by atoms with Crippen LogP contribution < -0.4 is 15.4 Å². The van der Waals surface area contributed by atoms with E-state index in [4.69, 9.17) is 4.74 Å². The Morgan fingerprint density at radius 3 is 2.42 bits per heavy atom. The Bertz CT molecular complexity index is 681. The average molecular weight is 326 g/mol. The molecule has 4 nitrogen and oxygen atoms in total. The van der Waals surface area contributed by atoms with Gasteiger partial charge in [0, 0.05) is 12.1 Å². The molecule has 0 aromatic heterocycles. The molecule has 0 bridgehead atoms. The molecule has 24 heavy (non-hydrogen) atoms. The predicted molar refractivity (Wildman–Crippen MR) is 97.3 cm³/mol. The van der Waals surface area contributed by atoms with E-state index in [1.165, 1.54) is 5.56 Å². The fraction of sp³-hybridized carbons (Fsp3) is 0.350. The maximum Gasteiger partial charge on any atom is 0.315 e. The van der Waals surface area contributed by atoms with Gasteiger partial charge in [0.05, 0.1) is 12.6 Å². The van der Waals surface area contributed by atoms with Gasteiger partial charge in [0.2, 0.25) is 0 Å². The minimum atomic E-state index is -0.188. The number of nitrogens with one attached hydrogen (secondary N) is 2. The van der Waals surface area contributed by atoms with Gasteiger partial charge in [-0.25, -0.2) is 4.79 Å². The Labute approximate surface area is 144 Å². The van der Waals surface area contributed by atoms with Gasteiger partial charge in [0.15, 0.2) is 0 Å². The SMILES string of the molecule is CCOc1ccc(C)cc1C(C)NC(=O)NCc1ccc(C)cc1. The summed E-state index contributed by atoms with van der Waals surface area (Å²) in [6.45, 7) is 9.10. The van der Waals surface area contributed by atoms with E-state index in [9.17, 15) is 4.79 Å². The quantitative estimate of drug-likeness (QED) is 0.833. The normalized spacial score (nSPS) is 11.7. The van der Waals surface area contributed by atoms with Gasteiger partial charge < -0.3 is 15.4 Å². The smallest absolute Gasteiger partial charge is 0.315 e. The van der Waals surface area contributed by atoms with Crippen LogP contribution in [0.1, 0.15) is 42.1 Å². The molecule has 0 saturated carbocycles. The fourth-order valence-electron chi connectivity index (χ4n) is 2.51. The van der Waals surface area contributed by atoms with Crippen LogP contribution in [0.3, 0.4) is 0 Å². The lowest BCUT2D eigenvalue weighted by atomic mass is 10.0. The lowest BCUT2D eigenvalue weighted by Gasteiger charge is -2.19. The Morgan fingerprint density at radius 2 is 1.75 bits per heavy atom. The largest absolute Gasteiger partial charge is 0.494 e. The second-order valence-electron chi connectivity index (χ2n) is 6.01. The van der Waals surface area contributed by atoms with E-state index in [1.807, 2.05) is 64.1 Å². The molecule has 1 unspecified atom stereocenters. The molecule has 0 aliphatic heterocycles. The summed E-state index contributed by atoms with van der Waals surface area (Å²) in [7, 11) is 0. The summed E-state index contributed by atoms with van der Waals surface area (Å²) in [5.41, 5.74) is 4.41. The monoisotopic (exact) mass is 326 g/mol. The highest BCUT2D eigenvalue weighted by Gasteiger charge is 2.14. The van der Waals surface area contributed by atoms with Gasteiger partial charge in [-0.15, -0.1) is 0 Å². The highest BCUT2D eigenvalue weighted by Crippen LogP contribution is 2.26. The van der Waals surface area contributed by atoms with Gasteiger partial charge in [-0.1, -0.05) is 47.5 Å². The van der Waals surface area contributed by atoms with Gasteiger partial charge in [-0.3, -0.25) is 0 Å². The first-order valence-electron chi connectivity index (χ1n) is 8.33. The molecular formula is C20H26N2O2. The summed E-state index contributed by atoms with van der Waals surface area (Å²) in [6, 6.07) is 13.8. The van der Waals surface area contributed by atoms with Crippen molar-refractivity contribution in [1.82, 2.24) is 10.6 Å². The number of urea groups is 1. The minimum absolute atomic E-state index is 0.135. The number of aryl methyl sites for hydroxylation is 2. The van der Waals surface area contributed by atoms with E-state index < -0.39 is 0 Å². The van der Waals surface area contributed by atoms with Crippen molar-refractivity contribution in [3.8, 4) is 5.75 Å². The van der Waals surface area contributed by atoms with Crippen molar-refractivity contribution >= 4 is 6.03 Å². The van der Waals surface area contributed by atoms with Crippen LogP contribution in [0.2, 0.25) is 0 Å². The zero-order chi connectivity index (χ0) is 17.5. The van der Waals surface area contributed by atoms with Gasteiger partial charge in [0.25, 0.3) is 0 Å². The maximum atomic E-state index is 12.2. The van der Waals surface area contributed by atoms with E-state index in [-0.39, 0.29) is 12.1 Å². The number of hydrogen-bond donors (Lipinski definition) is 2. The highest BCUT2D eigenvalue weighted by atomic mass is 16.5. The van der Waals surface area contributed by atoms with Crippen molar-refractivity contribution in [2.75, 3.05) is 6.61 Å². The molecule has 2 rings (SSSR count). The first-order chi connectivity index (χ1) is 11.5. The topological polar surface area (TPSA) is 50.4 Å². The van der Waals surface area contributed by atoms with Crippen LogP contribution in [0.5, 0.6) is 5.75 Å². The third kappa shape index (κ3) is 5.01. The molecule has 2 aromatic rings. The number of carbonyl (C=O) groups excluding carboxylic acids is 1. The molecule has 0 fully saturated rings. The van der Waals surface area contributed by atoms with Crippen molar-refractivity contribution in [2.45, 2.75) is 40.3 Å². The third-order valence-electron chi connectivity index (χ3n) is 3.85. The van der Waals surface area contributed by atoms with E-state index in [2.05, 4.69) is 16.7 Å². The summed E-state index contributed by atoms with van der Waals surface area (Å²) in [5, 5.41) is 5.87. The summed E-state index contributed by atoms with van der Waals surface area (Å²) in [6.07, 6.45) is 0. The summed E-state index contributed by atoms with van der Waals surface area (Å²) >= 11 is 0. The molecular weight excluding hydrogens is 300 g/mol. The minimum Gasteiger partial charge on any atom is -0.494 e. The van der Waals surface area contributed by atoms with Gasteiger partial charge in [-0.2, -0.15) is 0 Å². The highest BCUT2D eigenvalue weighted by molar-refractivity contribution is 5.74. The molecule has 2 N–H and O–H groups in total. The van der Waals surface area contributed by atoms with Crippen LogP contribution in [-0.4, -0.2) is 12.6 Å². The van der Waals surface area contributed by atoms with Crippen LogP contribution in [0.4, 0.5) is 4.79 Å². The molecule has 0 spiro atoms. The summed E-state index contributed by atoms with van der Waals surface area (Å²) < 4.78 is 5.66. The molecule has 0 saturated heterocycles. The van der Waals surface area contributed by atoms with E-state index in [1.54, 1.807) is 0 Å². The molecule has 0 aliphatic carbocycles. The second kappa shape index (κ2) is 8.39. The first kappa shape index (κ1) is 17.9. The fourth-order valence-corrected chi connectivity index (χ4v) is 2.51. The van der Waals surface area contributed by atoms with Crippen molar-refractivity contribution in [3.63, 3.8) is 0 Å². The molecule has 0 aliphatic rings. The van der Waals surface area contributed by atoms with Crippen molar-refractivity contribution in [1.29, 1.82) is 0 Å². The Kier molecular flexibility index (Phi) is 6.24. The number of amides is 2. The standard InChI is InChI=1S/C20H26N2O2/c1-5-24-19-11-8-15(3)12-18(19)16(4)22-20(23)21-13-17-9-6-14(2)7-10-17/h6-12,16H,5,13H2,1-4H3,(H2,21,22,23). The molecule has 1 atom stereocenters. The molecule has 4 heteroatoms. The number of carbonyl (C=O) groups is 1. The molecule has 2 amide bonds. The van der Waals surface area contributed by atoms with Crippen LogP contribution in [0.15, 0.2) is 42.5 Å². The zero-order valence-corrected chi connectivity index (χ0v) is 14.8. The summed E-state index contributed by atoms with van der Waals surface area (Å²) in [5.74, 6) is 0.814. The Balaban J connectivity index is 1.96. The van der Waals surface area contributed by atoms with E-state index in [0.717, 1.165) is 22.4 Å². The second-order valence-corrected chi connectivity index (χ2v) is 6.01. The van der Waals surface area contributed by atoms with Crippen molar-refractivity contribution < 1.29 is 9.53 Å². The molecule has 2 aromatic carbocycles. The van der Waals surface area contributed by atoms with Crippen molar-refractivity contribution in [2.24, 2.45) is 0 Å². The molecule has 0 radical (unpaired) electrons. The number of benzene rings is 2. The molecule has 0 heterocycles. The van der Waals surface area contributed by atoms with Gasteiger partial charge in [0.1, 0.15) is 5.75 Å². The average Bonchev–Trinajstić information content (AvgIpc) is 2.56. The number of hydrogen-bond acceptors (Lipinski definition) is 2. The van der Waals surface area contributed by atoms with Crippen molar-refractivity contribution in [3.05, 3.63) is 64.7 Å². The van der Waals surface area contributed by atoms with Gasteiger partial charge >= 0.3 is 6.03 Å². The lowest BCUT2D eigenvalue weighted by Crippen LogP contribution is -2.36. The van der Waals surface area contributed by atoms with Crippen LogP contribution >= 0.6 is 0 Å².